The third kappa shape index (κ3) is 3.53. The van der Waals surface area contributed by atoms with Gasteiger partial charge in [0.05, 0.1) is 36.6 Å². The van der Waals surface area contributed by atoms with Gasteiger partial charge in [0.15, 0.2) is 0 Å². The summed E-state index contributed by atoms with van der Waals surface area (Å²) >= 11 is 1.66. The van der Waals surface area contributed by atoms with Crippen molar-refractivity contribution in [2.24, 2.45) is 0 Å². The van der Waals surface area contributed by atoms with E-state index in [4.69, 9.17) is 9.47 Å². The Balaban J connectivity index is 1.65. The molecule has 1 fully saturated rings. The molecular weight excluding hydrogens is 212 g/mol. The van der Waals surface area contributed by atoms with Gasteiger partial charge in [0.1, 0.15) is 0 Å². The van der Waals surface area contributed by atoms with Gasteiger partial charge in [-0.05, 0) is 6.92 Å². The zero-order chi connectivity index (χ0) is 10.5. The number of aromatic nitrogens is 1. The van der Waals surface area contributed by atoms with Crippen LogP contribution in [0.5, 0.6) is 0 Å². The van der Waals surface area contributed by atoms with E-state index in [-0.39, 0.29) is 6.10 Å². The Morgan fingerprint density at radius 1 is 1.73 bits per heavy atom. The standard InChI is InChI=1S/C10H16N2O2S/c1-8-12-9(7-15-8)5-13-6-10-4-11-2-3-14-10/h7,10-11H,2-6H2,1H3. The van der Waals surface area contributed by atoms with E-state index in [9.17, 15) is 0 Å². The highest BCUT2D eigenvalue weighted by Gasteiger charge is 2.13. The van der Waals surface area contributed by atoms with Crippen LogP contribution in [0.25, 0.3) is 0 Å². The topological polar surface area (TPSA) is 43.4 Å². The van der Waals surface area contributed by atoms with E-state index in [0.717, 1.165) is 30.4 Å². The number of thiazole rings is 1. The highest BCUT2D eigenvalue weighted by molar-refractivity contribution is 7.09. The second-order valence-electron chi connectivity index (χ2n) is 3.57. The van der Waals surface area contributed by atoms with Gasteiger partial charge in [-0.15, -0.1) is 11.3 Å². The Labute approximate surface area is 93.6 Å². The van der Waals surface area contributed by atoms with Crippen LogP contribution in [0.3, 0.4) is 0 Å². The first kappa shape index (κ1) is 11.0. The lowest BCUT2D eigenvalue weighted by atomic mass is 10.3. The summed E-state index contributed by atoms with van der Waals surface area (Å²) in [6.45, 7) is 5.85. The quantitative estimate of drug-likeness (QED) is 0.833. The maximum atomic E-state index is 5.55. The highest BCUT2D eigenvalue weighted by Crippen LogP contribution is 2.09. The van der Waals surface area contributed by atoms with Gasteiger partial charge in [-0.3, -0.25) is 0 Å². The van der Waals surface area contributed by atoms with Crippen molar-refractivity contribution in [3.63, 3.8) is 0 Å². The Morgan fingerprint density at radius 2 is 2.67 bits per heavy atom. The molecule has 1 aromatic rings. The molecule has 4 nitrogen and oxygen atoms in total. The molecule has 0 amide bonds. The van der Waals surface area contributed by atoms with E-state index >= 15 is 0 Å². The summed E-state index contributed by atoms with van der Waals surface area (Å²) in [7, 11) is 0. The molecule has 0 aromatic carbocycles. The second kappa shape index (κ2) is 5.55. The minimum absolute atomic E-state index is 0.193. The molecule has 15 heavy (non-hydrogen) atoms. The fraction of sp³-hybridized carbons (Fsp3) is 0.700. The number of rotatable bonds is 4. The molecule has 5 heteroatoms. The molecule has 1 atom stereocenters. The first-order chi connectivity index (χ1) is 7.34. The summed E-state index contributed by atoms with van der Waals surface area (Å²) in [5.41, 5.74) is 1.02. The van der Waals surface area contributed by atoms with E-state index < -0.39 is 0 Å². The number of nitrogens with one attached hydrogen (secondary N) is 1. The van der Waals surface area contributed by atoms with Crippen LogP contribution >= 0.6 is 11.3 Å². The van der Waals surface area contributed by atoms with Crippen LogP contribution in [0.4, 0.5) is 0 Å². The first-order valence-electron chi connectivity index (χ1n) is 5.15. The van der Waals surface area contributed by atoms with Crippen LogP contribution in [0, 0.1) is 6.92 Å². The predicted molar refractivity (Wildman–Crippen MR) is 59.1 cm³/mol. The van der Waals surface area contributed by atoms with Gasteiger partial charge in [-0.2, -0.15) is 0 Å². The predicted octanol–water partition coefficient (Wildman–Crippen LogP) is 0.957. The van der Waals surface area contributed by atoms with Crippen molar-refractivity contribution in [1.29, 1.82) is 0 Å². The summed E-state index contributed by atoms with van der Waals surface area (Å²) < 4.78 is 11.1. The van der Waals surface area contributed by atoms with Crippen molar-refractivity contribution < 1.29 is 9.47 Å². The lowest BCUT2D eigenvalue weighted by Crippen LogP contribution is -2.40. The zero-order valence-electron chi connectivity index (χ0n) is 8.86. The fourth-order valence-electron chi connectivity index (χ4n) is 1.50. The Kier molecular flexibility index (Phi) is 4.08. The largest absolute Gasteiger partial charge is 0.373 e. The summed E-state index contributed by atoms with van der Waals surface area (Å²) in [6.07, 6.45) is 0.193. The SMILES string of the molecule is Cc1nc(COCC2CNCCO2)cs1. The van der Waals surface area contributed by atoms with E-state index in [2.05, 4.69) is 10.3 Å². The van der Waals surface area contributed by atoms with Crippen LogP contribution in [-0.4, -0.2) is 37.4 Å². The minimum Gasteiger partial charge on any atom is -0.373 e. The number of hydrogen-bond donors (Lipinski definition) is 1. The van der Waals surface area contributed by atoms with Gasteiger partial charge < -0.3 is 14.8 Å². The second-order valence-corrected chi connectivity index (χ2v) is 4.63. The molecular formula is C10H16N2O2S. The molecule has 0 saturated carbocycles. The summed E-state index contributed by atoms with van der Waals surface area (Å²) in [6, 6.07) is 0. The van der Waals surface area contributed by atoms with Crippen molar-refractivity contribution in [1.82, 2.24) is 10.3 Å². The lowest BCUT2D eigenvalue weighted by Gasteiger charge is -2.23. The van der Waals surface area contributed by atoms with Crippen LogP contribution in [-0.2, 0) is 16.1 Å². The zero-order valence-corrected chi connectivity index (χ0v) is 9.68. The van der Waals surface area contributed by atoms with Crippen LogP contribution < -0.4 is 5.32 Å². The summed E-state index contributed by atoms with van der Waals surface area (Å²) in [4.78, 5) is 4.33. The molecule has 1 saturated heterocycles. The Hall–Kier alpha value is -0.490. The number of hydrogen-bond acceptors (Lipinski definition) is 5. The van der Waals surface area contributed by atoms with Gasteiger partial charge in [0, 0.05) is 18.5 Å². The van der Waals surface area contributed by atoms with E-state index in [1.165, 1.54) is 0 Å². The molecule has 0 aliphatic carbocycles. The molecule has 2 rings (SSSR count). The van der Waals surface area contributed by atoms with Gasteiger partial charge in [-0.1, -0.05) is 0 Å². The van der Waals surface area contributed by atoms with Crippen molar-refractivity contribution in [2.75, 3.05) is 26.3 Å². The Bertz CT molecular complexity index is 297. The molecule has 0 radical (unpaired) electrons. The highest BCUT2D eigenvalue weighted by atomic mass is 32.1. The smallest absolute Gasteiger partial charge is 0.0933 e. The van der Waals surface area contributed by atoms with Crippen molar-refractivity contribution in [3.8, 4) is 0 Å². The third-order valence-electron chi connectivity index (χ3n) is 2.22. The summed E-state index contributed by atoms with van der Waals surface area (Å²) in [5.74, 6) is 0. The molecule has 1 aliphatic rings. The van der Waals surface area contributed by atoms with E-state index in [1.54, 1.807) is 11.3 Å². The van der Waals surface area contributed by atoms with Crippen molar-refractivity contribution in [2.45, 2.75) is 19.6 Å². The van der Waals surface area contributed by atoms with Crippen molar-refractivity contribution in [3.05, 3.63) is 16.1 Å². The molecule has 2 heterocycles. The number of ether oxygens (including phenoxy) is 2. The van der Waals surface area contributed by atoms with E-state index in [1.807, 2.05) is 12.3 Å². The van der Waals surface area contributed by atoms with E-state index in [0.29, 0.717) is 13.2 Å². The molecule has 1 N–H and O–H groups in total. The van der Waals surface area contributed by atoms with Gasteiger partial charge >= 0.3 is 0 Å². The van der Waals surface area contributed by atoms with Crippen LogP contribution in [0.2, 0.25) is 0 Å². The van der Waals surface area contributed by atoms with Crippen LogP contribution in [0.1, 0.15) is 10.7 Å². The monoisotopic (exact) mass is 228 g/mol. The maximum absolute atomic E-state index is 5.55. The number of aryl methyl sites for hydroxylation is 1. The first-order valence-corrected chi connectivity index (χ1v) is 6.03. The van der Waals surface area contributed by atoms with Gasteiger partial charge in [0.25, 0.3) is 0 Å². The average molecular weight is 228 g/mol. The van der Waals surface area contributed by atoms with Crippen molar-refractivity contribution >= 4 is 11.3 Å². The molecule has 1 unspecified atom stereocenters. The normalized spacial score (nSPS) is 21.8. The fourth-order valence-corrected chi connectivity index (χ4v) is 2.09. The lowest BCUT2D eigenvalue weighted by molar-refractivity contribution is -0.0362. The molecule has 0 bridgehead atoms. The third-order valence-corrected chi connectivity index (χ3v) is 3.05. The van der Waals surface area contributed by atoms with Gasteiger partial charge in [0.2, 0.25) is 0 Å². The van der Waals surface area contributed by atoms with Gasteiger partial charge in [-0.25, -0.2) is 4.98 Å². The molecule has 84 valence electrons. The number of morpholine rings is 1. The molecule has 1 aromatic heterocycles. The summed E-state index contributed by atoms with van der Waals surface area (Å²) in [5, 5.41) is 6.39. The average Bonchev–Trinajstić information content (AvgIpc) is 2.66. The molecule has 0 spiro atoms. The Morgan fingerprint density at radius 3 is 3.33 bits per heavy atom. The number of nitrogens with zero attached hydrogens (tertiary/aromatic N) is 1. The van der Waals surface area contributed by atoms with Crippen LogP contribution in [0.15, 0.2) is 5.38 Å². The minimum atomic E-state index is 0.193. The maximum Gasteiger partial charge on any atom is 0.0933 e. The molecule has 1 aliphatic heterocycles.